The Bertz CT molecular complexity index is 1200. The van der Waals surface area contributed by atoms with E-state index in [1.54, 1.807) is 16.8 Å². The molecule has 2 saturated heterocycles. The summed E-state index contributed by atoms with van der Waals surface area (Å²) in [6, 6.07) is 9.75. The van der Waals surface area contributed by atoms with E-state index in [4.69, 9.17) is 9.97 Å². The highest BCUT2D eigenvalue weighted by Gasteiger charge is 2.25. The number of fused-ring (bicyclic) bond motifs is 1. The summed E-state index contributed by atoms with van der Waals surface area (Å²) in [5.41, 5.74) is 2.52. The van der Waals surface area contributed by atoms with Crippen molar-refractivity contribution in [1.82, 2.24) is 29.8 Å². The molecule has 0 atom stereocenters. The van der Waals surface area contributed by atoms with Gasteiger partial charge in [-0.25, -0.2) is 0 Å². The molecule has 2 N–H and O–H groups in total. The number of benzene rings is 1. The van der Waals surface area contributed by atoms with Gasteiger partial charge in [-0.15, -0.1) is 0 Å². The lowest BCUT2D eigenvalue weighted by molar-refractivity contribution is -0.124. The number of hydrogen-bond donors (Lipinski definition) is 2. The van der Waals surface area contributed by atoms with Gasteiger partial charge in [0.1, 0.15) is 0 Å². The number of aromatic nitrogens is 4. The van der Waals surface area contributed by atoms with Gasteiger partial charge in [-0.1, -0.05) is 18.2 Å². The van der Waals surface area contributed by atoms with Crippen molar-refractivity contribution in [3.8, 4) is 0 Å². The van der Waals surface area contributed by atoms with Crippen LogP contribution >= 0.6 is 0 Å². The van der Waals surface area contributed by atoms with E-state index in [1.165, 1.54) is 0 Å². The highest BCUT2D eigenvalue weighted by Crippen LogP contribution is 2.24. The molecule has 2 aliphatic rings. The van der Waals surface area contributed by atoms with Crippen LogP contribution in [0.2, 0.25) is 0 Å². The molecule has 1 aromatic carbocycles. The van der Waals surface area contributed by atoms with Gasteiger partial charge in [0.25, 0.3) is 5.91 Å². The van der Waals surface area contributed by atoms with Gasteiger partial charge in [0.05, 0.1) is 12.6 Å². The van der Waals surface area contributed by atoms with Gasteiger partial charge in [0.15, 0.2) is 5.65 Å². The molecule has 164 valence electrons. The molecule has 10 heteroatoms. The second kappa shape index (κ2) is 8.39. The summed E-state index contributed by atoms with van der Waals surface area (Å²) >= 11 is 0. The number of para-hydroxylation sites is 1. The summed E-state index contributed by atoms with van der Waals surface area (Å²) in [5.74, 6) is 0.471. The average Bonchev–Trinajstić information content (AvgIpc) is 3.24. The summed E-state index contributed by atoms with van der Waals surface area (Å²) in [4.78, 5) is 37.7. The lowest BCUT2D eigenvalue weighted by Gasteiger charge is -2.21. The van der Waals surface area contributed by atoms with E-state index in [0.717, 1.165) is 38.3 Å². The Hall–Kier alpha value is -3.79. The molecule has 10 nitrogen and oxygen atoms in total. The number of nitrogens with one attached hydrogen (secondary N) is 2. The van der Waals surface area contributed by atoms with Crippen LogP contribution in [0.3, 0.4) is 0 Å². The molecule has 2 aliphatic heterocycles. The number of rotatable bonds is 4. The monoisotopic (exact) mass is 432 g/mol. The molecule has 2 aromatic heterocycles. The van der Waals surface area contributed by atoms with Crippen LogP contribution in [0.25, 0.3) is 11.7 Å². The van der Waals surface area contributed by atoms with Crippen molar-refractivity contribution in [3.63, 3.8) is 0 Å². The zero-order valence-corrected chi connectivity index (χ0v) is 17.8. The van der Waals surface area contributed by atoms with Gasteiger partial charge >= 0.3 is 0 Å². The first-order valence-electron chi connectivity index (χ1n) is 10.6. The van der Waals surface area contributed by atoms with E-state index >= 15 is 0 Å². The molecule has 2 fully saturated rings. The molecule has 0 bridgehead atoms. The molecule has 0 radical (unpaired) electrons. The maximum Gasteiger partial charge on any atom is 0.254 e. The topological polar surface area (TPSA) is 108 Å². The first-order chi connectivity index (χ1) is 15.6. The lowest BCUT2D eigenvalue weighted by Crippen LogP contribution is -2.30. The van der Waals surface area contributed by atoms with E-state index < -0.39 is 0 Å². The minimum atomic E-state index is -0.373. The number of amides is 2. The first-order valence-corrected chi connectivity index (χ1v) is 10.6. The Kier molecular flexibility index (Phi) is 5.28. The third-order valence-corrected chi connectivity index (χ3v) is 5.64. The third kappa shape index (κ3) is 4.04. The molecule has 2 amide bonds. The fraction of sp³-hybridized carbons (Fsp3) is 0.318. The van der Waals surface area contributed by atoms with Gasteiger partial charge in [-0.05, 0) is 38.2 Å². The van der Waals surface area contributed by atoms with Crippen molar-refractivity contribution in [2.75, 3.05) is 43.4 Å². The minimum absolute atomic E-state index is 0.0572. The summed E-state index contributed by atoms with van der Waals surface area (Å²) < 4.78 is 1.63. The standard InChI is InChI=1S/C22H24N8O2/c1-28-8-5-9-29(11-10-28)21-26-19-16(12-15-13-18(31)25-20(15)32)14-23-30(19)22(27-21)24-17-6-3-2-4-7-17/h2-4,6-7,12,14H,5,8-11,13H2,1H3,(H,24,26,27)(H,25,31,32). The van der Waals surface area contributed by atoms with Crippen LogP contribution in [-0.4, -0.2) is 69.5 Å². The summed E-state index contributed by atoms with van der Waals surface area (Å²) in [6.45, 7) is 3.63. The van der Waals surface area contributed by atoms with Crippen molar-refractivity contribution in [2.45, 2.75) is 12.8 Å². The number of hydrogen-bond acceptors (Lipinski definition) is 8. The normalized spacial score (nSPS) is 18.9. The fourth-order valence-corrected chi connectivity index (χ4v) is 3.91. The van der Waals surface area contributed by atoms with Crippen molar-refractivity contribution >= 4 is 41.1 Å². The highest BCUT2D eigenvalue weighted by atomic mass is 16.2. The van der Waals surface area contributed by atoms with Crippen LogP contribution < -0.4 is 15.5 Å². The second-order valence-electron chi connectivity index (χ2n) is 8.04. The van der Waals surface area contributed by atoms with Crippen LogP contribution in [0.1, 0.15) is 18.4 Å². The Morgan fingerprint density at radius 2 is 1.91 bits per heavy atom. The highest BCUT2D eigenvalue weighted by molar-refractivity contribution is 6.15. The van der Waals surface area contributed by atoms with Crippen molar-refractivity contribution in [3.05, 3.63) is 47.7 Å². The number of carbonyl (C=O) groups is 2. The molecule has 0 spiro atoms. The van der Waals surface area contributed by atoms with Crippen molar-refractivity contribution in [1.29, 1.82) is 0 Å². The summed E-state index contributed by atoms with van der Waals surface area (Å²) in [7, 11) is 2.12. The third-order valence-electron chi connectivity index (χ3n) is 5.64. The predicted octanol–water partition coefficient (Wildman–Crippen LogP) is 1.44. The largest absolute Gasteiger partial charge is 0.339 e. The van der Waals surface area contributed by atoms with Crippen LogP contribution in [0, 0.1) is 0 Å². The molecule has 5 rings (SSSR count). The lowest BCUT2D eigenvalue weighted by atomic mass is 10.1. The molecule has 0 unspecified atom stereocenters. The Morgan fingerprint density at radius 3 is 2.69 bits per heavy atom. The number of imide groups is 1. The quantitative estimate of drug-likeness (QED) is 0.471. The van der Waals surface area contributed by atoms with Gasteiger partial charge in [-0.3, -0.25) is 14.9 Å². The number of anilines is 3. The minimum Gasteiger partial charge on any atom is -0.339 e. The molecular weight excluding hydrogens is 408 g/mol. The molecular formula is C22H24N8O2. The van der Waals surface area contributed by atoms with Crippen molar-refractivity contribution < 1.29 is 9.59 Å². The van der Waals surface area contributed by atoms with Gasteiger partial charge in [0, 0.05) is 36.5 Å². The smallest absolute Gasteiger partial charge is 0.254 e. The zero-order valence-electron chi connectivity index (χ0n) is 17.8. The van der Waals surface area contributed by atoms with Crippen LogP contribution in [0.15, 0.2) is 42.1 Å². The summed E-state index contributed by atoms with van der Waals surface area (Å²) in [5, 5.41) is 10.1. The van der Waals surface area contributed by atoms with Crippen molar-refractivity contribution in [2.24, 2.45) is 0 Å². The molecule has 0 aliphatic carbocycles. The van der Waals surface area contributed by atoms with Crippen LogP contribution in [0.5, 0.6) is 0 Å². The molecule has 0 saturated carbocycles. The first kappa shape index (κ1) is 20.1. The predicted molar refractivity (Wildman–Crippen MR) is 121 cm³/mol. The number of nitrogens with zero attached hydrogens (tertiary/aromatic N) is 6. The Balaban J connectivity index is 1.59. The SMILES string of the molecule is CN1CCCN(c2nc(Nc3ccccc3)n3ncc(C=C4CC(=O)NC4=O)c3n2)CC1. The fourth-order valence-electron chi connectivity index (χ4n) is 3.91. The van der Waals surface area contributed by atoms with Crippen LogP contribution in [-0.2, 0) is 9.59 Å². The molecule has 4 heterocycles. The van der Waals surface area contributed by atoms with Gasteiger partial charge in [0.2, 0.25) is 17.8 Å². The van der Waals surface area contributed by atoms with Gasteiger partial charge in [-0.2, -0.15) is 19.6 Å². The van der Waals surface area contributed by atoms with Gasteiger partial charge < -0.3 is 15.1 Å². The maximum absolute atomic E-state index is 12.1. The second-order valence-corrected chi connectivity index (χ2v) is 8.04. The Morgan fingerprint density at radius 1 is 1.06 bits per heavy atom. The molecule has 32 heavy (non-hydrogen) atoms. The van der Waals surface area contributed by atoms with E-state index in [9.17, 15) is 9.59 Å². The maximum atomic E-state index is 12.1. The van der Waals surface area contributed by atoms with E-state index in [1.807, 2.05) is 30.3 Å². The Labute approximate surface area is 184 Å². The van der Waals surface area contributed by atoms with E-state index in [2.05, 4.69) is 32.6 Å². The van der Waals surface area contributed by atoms with Crippen LogP contribution in [0.4, 0.5) is 17.6 Å². The number of likely N-dealkylation sites (N-methyl/N-ethyl adjacent to an activating group) is 1. The average molecular weight is 432 g/mol. The zero-order chi connectivity index (χ0) is 22.1. The van der Waals surface area contributed by atoms with E-state index in [-0.39, 0.29) is 18.2 Å². The number of carbonyl (C=O) groups excluding carboxylic acids is 2. The molecule has 3 aromatic rings. The van der Waals surface area contributed by atoms with E-state index in [0.29, 0.717) is 28.7 Å². The summed E-state index contributed by atoms with van der Waals surface area (Å²) in [6.07, 6.45) is 4.40.